The van der Waals surface area contributed by atoms with E-state index >= 15 is 0 Å². The maximum Gasteiger partial charge on any atom is 0.335 e. The number of rotatable bonds is 3. The Morgan fingerprint density at radius 1 is 1.47 bits per heavy atom. The second-order valence-corrected chi connectivity index (χ2v) is 7.47. The predicted octanol–water partition coefficient (Wildman–Crippen LogP) is 2.18. The molecular formula is C12H14BrNO4S. The fourth-order valence-electron chi connectivity index (χ4n) is 2.10. The maximum atomic E-state index is 12.4. The average Bonchev–Trinajstić information content (AvgIpc) is 2.76. The first-order chi connectivity index (χ1) is 8.82. The molecule has 19 heavy (non-hydrogen) atoms. The summed E-state index contributed by atoms with van der Waals surface area (Å²) < 4.78 is 26.6. The van der Waals surface area contributed by atoms with E-state index < -0.39 is 16.0 Å². The zero-order chi connectivity index (χ0) is 14.2. The zero-order valence-electron chi connectivity index (χ0n) is 10.3. The molecule has 5 nitrogen and oxygen atoms in total. The summed E-state index contributed by atoms with van der Waals surface area (Å²) in [6.07, 6.45) is 0.851. The Hall–Kier alpha value is -0.920. The number of carbonyl (C=O) groups is 1. The summed E-state index contributed by atoms with van der Waals surface area (Å²) in [5.41, 5.74) is 0.0561. The van der Waals surface area contributed by atoms with Gasteiger partial charge in [0, 0.05) is 17.6 Å². The van der Waals surface area contributed by atoms with Gasteiger partial charge in [0.25, 0.3) is 0 Å². The van der Waals surface area contributed by atoms with E-state index in [1.807, 2.05) is 6.92 Å². The number of sulfonamides is 1. The van der Waals surface area contributed by atoms with Gasteiger partial charge in [-0.05, 0) is 46.5 Å². The molecule has 1 saturated heterocycles. The molecule has 1 aromatic carbocycles. The van der Waals surface area contributed by atoms with Crippen molar-refractivity contribution < 1.29 is 18.3 Å². The van der Waals surface area contributed by atoms with Gasteiger partial charge in [-0.15, -0.1) is 0 Å². The molecular weight excluding hydrogens is 334 g/mol. The van der Waals surface area contributed by atoms with Gasteiger partial charge < -0.3 is 5.11 Å². The number of halogens is 1. The molecule has 0 spiro atoms. The highest BCUT2D eigenvalue weighted by Gasteiger charge is 2.32. The molecule has 1 unspecified atom stereocenters. The molecule has 1 fully saturated rings. The van der Waals surface area contributed by atoms with Crippen molar-refractivity contribution in [2.24, 2.45) is 5.92 Å². The van der Waals surface area contributed by atoms with Crippen LogP contribution in [0.15, 0.2) is 27.6 Å². The van der Waals surface area contributed by atoms with Crippen LogP contribution in [0.4, 0.5) is 0 Å². The Bertz CT molecular complexity index is 614. The van der Waals surface area contributed by atoms with Gasteiger partial charge in [-0.2, -0.15) is 4.31 Å². The second-order valence-electron chi connectivity index (χ2n) is 4.71. The average molecular weight is 348 g/mol. The van der Waals surface area contributed by atoms with Crippen LogP contribution in [0.25, 0.3) is 0 Å². The molecule has 1 heterocycles. The Morgan fingerprint density at radius 3 is 2.63 bits per heavy atom. The van der Waals surface area contributed by atoms with Gasteiger partial charge in [0.05, 0.1) is 10.5 Å². The number of nitrogens with zero attached hydrogens (tertiary/aromatic N) is 1. The molecule has 0 radical (unpaired) electrons. The van der Waals surface area contributed by atoms with Gasteiger partial charge in [0.1, 0.15) is 0 Å². The predicted molar refractivity (Wildman–Crippen MR) is 73.6 cm³/mol. The summed E-state index contributed by atoms with van der Waals surface area (Å²) in [6, 6.07) is 3.96. The molecule has 1 atom stereocenters. The van der Waals surface area contributed by atoms with Gasteiger partial charge in [0.2, 0.25) is 10.0 Å². The van der Waals surface area contributed by atoms with Gasteiger partial charge in [-0.1, -0.05) is 6.92 Å². The van der Waals surface area contributed by atoms with Gasteiger partial charge in [-0.25, -0.2) is 13.2 Å². The van der Waals surface area contributed by atoms with Crippen LogP contribution < -0.4 is 0 Å². The quantitative estimate of drug-likeness (QED) is 0.909. The fourth-order valence-corrected chi connectivity index (χ4v) is 4.71. The largest absolute Gasteiger partial charge is 0.478 e. The summed E-state index contributed by atoms with van der Waals surface area (Å²) in [6.45, 7) is 3.03. The van der Waals surface area contributed by atoms with Crippen LogP contribution in [0, 0.1) is 5.92 Å². The standard InChI is InChI=1S/C12H14BrNO4S/c1-8-4-5-14(7-8)19(17,18)11-3-2-9(12(15)16)6-10(11)13/h2-3,6,8H,4-5,7H2,1H3,(H,15,16). The molecule has 1 aromatic rings. The number of benzene rings is 1. The zero-order valence-corrected chi connectivity index (χ0v) is 12.7. The highest BCUT2D eigenvalue weighted by Crippen LogP contribution is 2.29. The molecule has 1 N–H and O–H groups in total. The smallest absolute Gasteiger partial charge is 0.335 e. The number of carboxylic acid groups (broad SMARTS) is 1. The molecule has 0 amide bonds. The Labute approximate surface area is 120 Å². The minimum Gasteiger partial charge on any atom is -0.478 e. The second kappa shape index (κ2) is 5.22. The van der Waals surface area contributed by atoms with Crippen molar-refractivity contribution in [2.45, 2.75) is 18.2 Å². The highest BCUT2D eigenvalue weighted by molar-refractivity contribution is 9.10. The lowest BCUT2D eigenvalue weighted by Gasteiger charge is -2.17. The van der Waals surface area contributed by atoms with Crippen LogP contribution >= 0.6 is 15.9 Å². The van der Waals surface area contributed by atoms with E-state index in [9.17, 15) is 13.2 Å². The van der Waals surface area contributed by atoms with E-state index in [1.54, 1.807) is 0 Å². The topological polar surface area (TPSA) is 74.7 Å². The van der Waals surface area contributed by atoms with Crippen LogP contribution in [0.2, 0.25) is 0 Å². The van der Waals surface area contributed by atoms with E-state index in [2.05, 4.69) is 15.9 Å². The van der Waals surface area contributed by atoms with E-state index in [0.29, 0.717) is 19.0 Å². The number of hydrogen-bond acceptors (Lipinski definition) is 3. The van der Waals surface area contributed by atoms with Crippen molar-refractivity contribution in [1.82, 2.24) is 4.31 Å². The van der Waals surface area contributed by atoms with Crippen LogP contribution in [-0.2, 0) is 10.0 Å². The minimum atomic E-state index is -3.55. The van der Waals surface area contributed by atoms with E-state index in [1.165, 1.54) is 22.5 Å². The summed E-state index contributed by atoms with van der Waals surface area (Å²) >= 11 is 3.14. The maximum absolute atomic E-state index is 12.4. The molecule has 7 heteroatoms. The van der Waals surface area contributed by atoms with Crippen molar-refractivity contribution >= 4 is 31.9 Å². The van der Waals surface area contributed by atoms with Crippen molar-refractivity contribution in [2.75, 3.05) is 13.1 Å². The van der Waals surface area contributed by atoms with Crippen molar-refractivity contribution in [1.29, 1.82) is 0 Å². The van der Waals surface area contributed by atoms with Crippen molar-refractivity contribution in [3.05, 3.63) is 28.2 Å². The summed E-state index contributed by atoms with van der Waals surface area (Å²) in [4.78, 5) is 10.9. The molecule has 2 rings (SSSR count). The lowest BCUT2D eigenvalue weighted by molar-refractivity contribution is 0.0696. The Kier molecular flexibility index (Phi) is 3.98. The van der Waals surface area contributed by atoms with Crippen LogP contribution in [0.1, 0.15) is 23.7 Å². The first-order valence-corrected chi connectivity index (χ1v) is 8.08. The normalized spacial score (nSPS) is 20.6. The SMILES string of the molecule is CC1CCN(S(=O)(=O)c2ccc(C(=O)O)cc2Br)C1. The van der Waals surface area contributed by atoms with E-state index in [4.69, 9.17) is 5.11 Å². The number of aromatic carboxylic acids is 1. The van der Waals surface area contributed by atoms with Crippen LogP contribution in [0.5, 0.6) is 0 Å². The summed E-state index contributed by atoms with van der Waals surface area (Å²) in [7, 11) is -3.55. The fraction of sp³-hybridized carbons (Fsp3) is 0.417. The van der Waals surface area contributed by atoms with Crippen molar-refractivity contribution in [3.8, 4) is 0 Å². The first kappa shape index (κ1) is 14.5. The third-order valence-corrected chi connectivity index (χ3v) is 6.03. The monoisotopic (exact) mass is 347 g/mol. The summed E-state index contributed by atoms with van der Waals surface area (Å²) in [5, 5.41) is 8.87. The van der Waals surface area contributed by atoms with Crippen LogP contribution in [-0.4, -0.2) is 36.9 Å². The third-order valence-electron chi connectivity index (χ3n) is 3.18. The van der Waals surface area contributed by atoms with Gasteiger partial charge in [0.15, 0.2) is 0 Å². The first-order valence-electron chi connectivity index (χ1n) is 5.85. The van der Waals surface area contributed by atoms with Crippen molar-refractivity contribution in [3.63, 3.8) is 0 Å². The highest BCUT2D eigenvalue weighted by atomic mass is 79.9. The van der Waals surface area contributed by atoms with Gasteiger partial charge in [-0.3, -0.25) is 0 Å². The molecule has 0 saturated carbocycles. The number of hydrogen-bond donors (Lipinski definition) is 1. The van der Waals surface area contributed by atoms with E-state index in [-0.39, 0.29) is 14.9 Å². The molecule has 0 aliphatic carbocycles. The number of carboxylic acids is 1. The Morgan fingerprint density at radius 2 is 2.16 bits per heavy atom. The minimum absolute atomic E-state index is 0.0561. The van der Waals surface area contributed by atoms with Crippen LogP contribution in [0.3, 0.4) is 0 Å². The summed E-state index contributed by atoms with van der Waals surface area (Å²) in [5.74, 6) is -0.730. The van der Waals surface area contributed by atoms with E-state index in [0.717, 1.165) is 6.42 Å². The molecule has 1 aliphatic rings. The molecule has 104 valence electrons. The Balaban J connectivity index is 2.38. The van der Waals surface area contributed by atoms with Gasteiger partial charge >= 0.3 is 5.97 Å². The third kappa shape index (κ3) is 2.82. The lowest BCUT2D eigenvalue weighted by atomic mass is 10.2. The molecule has 0 bridgehead atoms. The molecule has 0 aromatic heterocycles. The molecule has 1 aliphatic heterocycles. The lowest BCUT2D eigenvalue weighted by Crippen LogP contribution is -2.29.